The zero-order chi connectivity index (χ0) is 27.4. The Balaban J connectivity index is 1.17. The molecular weight excluding hydrogens is 507 g/mol. The maximum absolute atomic E-state index is 13.1. The molecule has 2 aromatic carbocycles. The first kappa shape index (κ1) is 25.8. The SMILES string of the molecule is C[C@@]1(O)CCN(CC2(Oc3ccc(-c4cnc5c(-c6cccc(C(N)C(F)(F)F)c6)cnn5c4)cc3)CC2)C1. The molecule has 0 radical (unpaired) electrons. The summed E-state index contributed by atoms with van der Waals surface area (Å²) in [5, 5.41) is 14.6. The highest BCUT2D eigenvalue weighted by molar-refractivity contribution is 5.78. The molecule has 204 valence electrons. The minimum atomic E-state index is -4.53. The van der Waals surface area contributed by atoms with Crippen LogP contribution < -0.4 is 10.5 Å². The second-order valence-corrected chi connectivity index (χ2v) is 11.1. The van der Waals surface area contributed by atoms with Gasteiger partial charge >= 0.3 is 6.18 Å². The first-order valence-electron chi connectivity index (χ1n) is 13.0. The summed E-state index contributed by atoms with van der Waals surface area (Å²) in [7, 11) is 0. The second kappa shape index (κ2) is 9.32. The van der Waals surface area contributed by atoms with Crippen molar-refractivity contribution in [2.45, 2.75) is 49.6 Å². The summed E-state index contributed by atoms with van der Waals surface area (Å²) in [5.41, 5.74) is 8.09. The number of aliphatic hydroxyl groups is 1. The van der Waals surface area contributed by atoms with E-state index < -0.39 is 17.8 Å². The van der Waals surface area contributed by atoms with Gasteiger partial charge < -0.3 is 15.6 Å². The van der Waals surface area contributed by atoms with Crippen LogP contribution in [-0.2, 0) is 0 Å². The standard InChI is InChI=1S/C29H30F3N5O2/c1-27(38)11-12-36(17-27)18-28(9-10-28)39-23-7-5-19(6-8-23)22-14-34-26-24(15-35-37(26)16-22)20-3-2-4-21(13-20)25(33)29(30,31)32/h2-8,13-16,25,38H,9-12,17-18,33H2,1H3/t25?,27-/m1/s1. The number of hydrogen-bond acceptors (Lipinski definition) is 6. The summed E-state index contributed by atoms with van der Waals surface area (Å²) in [6, 6.07) is 11.9. The molecule has 1 unspecified atom stereocenters. The number of β-amino-alcohol motifs (C(OH)–C–C–N with tert-alkyl or cyclic N) is 1. The molecule has 10 heteroatoms. The summed E-state index contributed by atoms with van der Waals surface area (Å²) < 4.78 is 47.3. The van der Waals surface area contributed by atoms with E-state index in [1.54, 1.807) is 29.0 Å². The van der Waals surface area contributed by atoms with Crippen LogP contribution in [0.15, 0.2) is 67.1 Å². The molecule has 2 fully saturated rings. The molecule has 7 nitrogen and oxygen atoms in total. The number of likely N-dealkylation sites (tertiary alicyclic amines) is 1. The van der Waals surface area contributed by atoms with Crippen molar-refractivity contribution in [3.05, 3.63) is 72.7 Å². The van der Waals surface area contributed by atoms with Gasteiger partial charge in [-0.25, -0.2) is 9.50 Å². The maximum atomic E-state index is 13.1. The Kier molecular flexibility index (Phi) is 6.16. The summed E-state index contributed by atoms with van der Waals surface area (Å²) >= 11 is 0. The molecular formula is C29H30F3N5O2. The highest BCUT2D eigenvalue weighted by Gasteiger charge is 2.48. The van der Waals surface area contributed by atoms with Gasteiger partial charge in [0, 0.05) is 43.2 Å². The molecule has 0 spiro atoms. The smallest absolute Gasteiger partial charge is 0.407 e. The number of ether oxygens (including phenoxy) is 1. The molecule has 1 aliphatic carbocycles. The van der Waals surface area contributed by atoms with Crippen LogP contribution in [0.2, 0.25) is 0 Å². The highest BCUT2D eigenvalue weighted by atomic mass is 19.4. The van der Waals surface area contributed by atoms with Crippen LogP contribution in [0.3, 0.4) is 0 Å². The number of fused-ring (bicyclic) bond motifs is 1. The lowest BCUT2D eigenvalue weighted by molar-refractivity contribution is -0.149. The Labute approximate surface area is 224 Å². The molecule has 1 saturated carbocycles. The predicted octanol–water partition coefficient (Wildman–Crippen LogP) is 4.99. The summed E-state index contributed by atoms with van der Waals surface area (Å²) in [6.45, 7) is 4.26. The molecule has 39 heavy (non-hydrogen) atoms. The van der Waals surface area contributed by atoms with Crippen molar-refractivity contribution < 1.29 is 23.0 Å². The molecule has 2 aromatic heterocycles. The molecule has 2 aliphatic rings. The van der Waals surface area contributed by atoms with Crippen molar-refractivity contribution in [1.29, 1.82) is 0 Å². The largest absolute Gasteiger partial charge is 0.486 e. The van der Waals surface area contributed by atoms with Gasteiger partial charge in [0.05, 0.1) is 11.8 Å². The normalized spacial score (nSPS) is 21.8. The molecule has 0 amide bonds. The van der Waals surface area contributed by atoms with Gasteiger partial charge in [0.2, 0.25) is 0 Å². The molecule has 1 aliphatic heterocycles. The number of hydrogen-bond donors (Lipinski definition) is 2. The maximum Gasteiger partial charge on any atom is 0.407 e. The van der Waals surface area contributed by atoms with E-state index in [0.717, 1.165) is 49.2 Å². The highest BCUT2D eigenvalue weighted by Crippen LogP contribution is 2.42. The monoisotopic (exact) mass is 537 g/mol. The first-order valence-corrected chi connectivity index (χ1v) is 13.0. The van der Waals surface area contributed by atoms with Crippen LogP contribution in [-0.4, -0.2) is 61.6 Å². The zero-order valence-electron chi connectivity index (χ0n) is 21.5. The first-order chi connectivity index (χ1) is 18.5. The number of alkyl halides is 3. The van der Waals surface area contributed by atoms with Crippen LogP contribution >= 0.6 is 0 Å². The summed E-state index contributed by atoms with van der Waals surface area (Å²) in [5.74, 6) is 0.801. The second-order valence-electron chi connectivity index (χ2n) is 11.1. The Bertz CT molecular complexity index is 1500. The van der Waals surface area contributed by atoms with E-state index in [4.69, 9.17) is 10.5 Å². The van der Waals surface area contributed by atoms with Gasteiger partial charge in [-0.15, -0.1) is 0 Å². The number of rotatable bonds is 7. The Morgan fingerprint density at radius 2 is 1.82 bits per heavy atom. The van der Waals surface area contributed by atoms with Crippen LogP contribution in [0.5, 0.6) is 5.75 Å². The summed E-state index contributed by atoms with van der Waals surface area (Å²) in [6.07, 6.45) is 3.42. The van der Waals surface area contributed by atoms with Crippen molar-refractivity contribution in [3.8, 4) is 28.0 Å². The van der Waals surface area contributed by atoms with Crippen molar-refractivity contribution in [2.24, 2.45) is 5.73 Å². The topological polar surface area (TPSA) is 88.9 Å². The number of benzene rings is 2. The Hall–Kier alpha value is -3.47. The van der Waals surface area contributed by atoms with Crippen LogP contribution in [0.25, 0.3) is 27.9 Å². The average Bonchev–Trinajstić information content (AvgIpc) is 3.36. The minimum absolute atomic E-state index is 0.0152. The number of nitrogens with zero attached hydrogens (tertiary/aromatic N) is 4. The van der Waals surface area contributed by atoms with Crippen LogP contribution in [0.1, 0.15) is 37.8 Å². The molecule has 3 heterocycles. The van der Waals surface area contributed by atoms with Gasteiger partial charge in [-0.05, 0) is 61.1 Å². The predicted molar refractivity (Wildman–Crippen MR) is 141 cm³/mol. The van der Waals surface area contributed by atoms with E-state index in [9.17, 15) is 18.3 Å². The van der Waals surface area contributed by atoms with E-state index in [1.165, 1.54) is 12.1 Å². The Morgan fingerprint density at radius 3 is 2.49 bits per heavy atom. The number of nitrogens with two attached hydrogens (primary N) is 1. The molecule has 6 rings (SSSR count). The average molecular weight is 538 g/mol. The molecule has 3 N–H and O–H groups in total. The molecule has 0 bridgehead atoms. The minimum Gasteiger partial charge on any atom is -0.486 e. The van der Waals surface area contributed by atoms with E-state index in [2.05, 4.69) is 15.0 Å². The lowest BCUT2D eigenvalue weighted by atomic mass is 10.0. The Morgan fingerprint density at radius 1 is 1.05 bits per heavy atom. The van der Waals surface area contributed by atoms with Crippen molar-refractivity contribution in [3.63, 3.8) is 0 Å². The molecule has 1 saturated heterocycles. The third-order valence-electron chi connectivity index (χ3n) is 7.64. The fraction of sp³-hybridized carbons (Fsp3) is 0.379. The van der Waals surface area contributed by atoms with Crippen molar-refractivity contribution in [2.75, 3.05) is 19.6 Å². The van der Waals surface area contributed by atoms with Crippen molar-refractivity contribution >= 4 is 5.65 Å². The third-order valence-corrected chi connectivity index (χ3v) is 7.64. The zero-order valence-corrected chi connectivity index (χ0v) is 21.5. The van der Waals surface area contributed by atoms with Gasteiger partial charge in [-0.3, -0.25) is 4.90 Å². The lowest BCUT2D eigenvalue weighted by Crippen LogP contribution is -2.38. The quantitative estimate of drug-likeness (QED) is 0.345. The summed E-state index contributed by atoms with van der Waals surface area (Å²) in [4.78, 5) is 6.85. The van der Waals surface area contributed by atoms with E-state index in [0.29, 0.717) is 23.3 Å². The fourth-order valence-electron chi connectivity index (χ4n) is 5.29. The number of aromatic nitrogens is 3. The third kappa shape index (κ3) is 5.36. The number of halogens is 3. The van der Waals surface area contributed by atoms with Crippen LogP contribution in [0.4, 0.5) is 13.2 Å². The van der Waals surface area contributed by atoms with Gasteiger partial charge in [0.25, 0.3) is 0 Å². The van der Waals surface area contributed by atoms with Gasteiger partial charge in [0.15, 0.2) is 5.65 Å². The van der Waals surface area contributed by atoms with E-state index >= 15 is 0 Å². The molecule has 2 atom stereocenters. The van der Waals surface area contributed by atoms with Gasteiger partial charge in [0.1, 0.15) is 17.4 Å². The van der Waals surface area contributed by atoms with Crippen molar-refractivity contribution in [1.82, 2.24) is 19.5 Å². The fourth-order valence-corrected chi connectivity index (χ4v) is 5.29. The van der Waals surface area contributed by atoms with Gasteiger partial charge in [-0.1, -0.05) is 30.3 Å². The molecule has 4 aromatic rings. The van der Waals surface area contributed by atoms with Crippen LogP contribution in [0, 0.1) is 0 Å². The lowest BCUT2D eigenvalue weighted by Gasteiger charge is -2.25. The van der Waals surface area contributed by atoms with E-state index in [1.807, 2.05) is 37.4 Å². The van der Waals surface area contributed by atoms with E-state index in [-0.39, 0.29) is 11.2 Å². The van der Waals surface area contributed by atoms with Gasteiger partial charge in [-0.2, -0.15) is 18.3 Å².